The maximum absolute atomic E-state index is 13.5. The molecule has 1 aromatic carbocycles. The Balaban J connectivity index is 2.11. The van der Waals surface area contributed by atoms with Crippen LogP contribution in [0.1, 0.15) is 45.2 Å². The van der Waals surface area contributed by atoms with Gasteiger partial charge in [-0.05, 0) is 49.9 Å². The third-order valence-electron chi connectivity index (χ3n) is 4.19. The fraction of sp³-hybridized carbons (Fsp3) is 0.647. The first kappa shape index (κ1) is 16.4. The lowest BCUT2D eigenvalue weighted by Crippen LogP contribution is -2.40. The summed E-state index contributed by atoms with van der Waals surface area (Å²) < 4.78 is 26.6. The lowest BCUT2D eigenvalue weighted by Gasteiger charge is -2.33. The zero-order valence-electron chi connectivity index (χ0n) is 13.2. The summed E-state index contributed by atoms with van der Waals surface area (Å²) in [7, 11) is 0. The Hall–Kier alpha value is -1.00. The lowest BCUT2D eigenvalue weighted by atomic mass is 10.0. The van der Waals surface area contributed by atoms with Crippen LogP contribution >= 0.6 is 0 Å². The van der Waals surface area contributed by atoms with E-state index < -0.39 is 11.6 Å². The minimum absolute atomic E-state index is 0.0879. The van der Waals surface area contributed by atoms with Crippen LogP contribution in [0.15, 0.2) is 18.2 Å². The largest absolute Gasteiger partial charge is 0.313 e. The van der Waals surface area contributed by atoms with E-state index >= 15 is 0 Å². The minimum Gasteiger partial charge on any atom is -0.313 e. The van der Waals surface area contributed by atoms with Gasteiger partial charge in [0.05, 0.1) is 0 Å². The van der Waals surface area contributed by atoms with E-state index in [1.807, 2.05) is 0 Å². The van der Waals surface area contributed by atoms with Gasteiger partial charge in [0.1, 0.15) is 0 Å². The number of benzene rings is 1. The second-order valence-electron chi connectivity index (χ2n) is 6.49. The van der Waals surface area contributed by atoms with Gasteiger partial charge in [-0.2, -0.15) is 0 Å². The van der Waals surface area contributed by atoms with E-state index in [2.05, 4.69) is 31.0 Å². The first-order chi connectivity index (χ1) is 9.97. The van der Waals surface area contributed by atoms with E-state index in [0.717, 1.165) is 25.2 Å². The first-order valence-corrected chi connectivity index (χ1v) is 7.89. The number of nitrogens with one attached hydrogen (secondary N) is 1. The molecular formula is C17H26F2N2. The molecule has 0 aromatic heterocycles. The van der Waals surface area contributed by atoms with Crippen molar-refractivity contribution in [3.05, 3.63) is 35.4 Å². The molecule has 0 bridgehead atoms. The van der Waals surface area contributed by atoms with E-state index in [0.29, 0.717) is 12.0 Å². The SMILES string of the molecule is CC(C)CN(CC1CCCN1)C(C)c1ccc(F)c(F)c1. The third kappa shape index (κ3) is 4.48. The summed E-state index contributed by atoms with van der Waals surface area (Å²) in [6.07, 6.45) is 2.42. The van der Waals surface area contributed by atoms with Gasteiger partial charge < -0.3 is 5.32 Å². The second-order valence-corrected chi connectivity index (χ2v) is 6.49. The highest BCUT2D eigenvalue weighted by Gasteiger charge is 2.23. The molecule has 1 saturated heterocycles. The molecule has 4 heteroatoms. The van der Waals surface area contributed by atoms with Crippen LogP contribution in [0.5, 0.6) is 0 Å². The summed E-state index contributed by atoms with van der Waals surface area (Å²) in [6.45, 7) is 9.44. The van der Waals surface area contributed by atoms with Crippen LogP contribution < -0.4 is 5.32 Å². The first-order valence-electron chi connectivity index (χ1n) is 7.89. The van der Waals surface area contributed by atoms with E-state index in [1.54, 1.807) is 6.07 Å². The predicted octanol–water partition coefficient (Wildman–Crippen LogP) is 3.74. The van der Waals surface area contributed by atoms with Crippen molar-refractivity contribution in [2.45, 2.75) is 45.7 Å². The van der Waals surface area contributed by atoms with Gasteiger partial charge in [0.25, 0.3) is 0 Å². The summed E-state index contributed by atoms with van der Waals surface area (Å²) in [5.74, 6) is -0.999. The highest BCUT2D eigenvalue weighted by molar-refractivity contribution is 5.21. The molecule has 0 amide bonds. The molecular weight excluding hydrogens is 270 g/mol. The van der Waals surface area contributed by atoms with Gasteiger partial charge in [0.15, 0.2) is 11.6 Å². The van der Waals surface area contributed by atoms with Crippen molar-refractivity contribution in [3.8, 4) is 0 Å². The number of nitrogens with zero attached hydrogens (tertiary/aromatic N) is 1. The molecule has 1 N–H and O–H groups in total. The molecule has 2 rings (SSSR count). The Morgan fingerprint density at radius 2 is 2.00 bits per heavy atom. The summed E-state index contributed by atoms with van der Waals surface area (Å²) >= 11 is 0. The maximum Gasteiger partial charge on any atom is 0.159 e. The van der Waals surface area contributed by atoms with Crippen LogP contribution in [0.25, 0.3) is 0 Å². The highest BCUT2D eigenvalue weighted by Crippen LogP contribution is 2.24. The quantitative estimate of drug-likeness (QED) is 0.860. The van der Waals surface area contributed by atoms with Gasteiger partial charge >= 0.3 is 0 Å². The molecule has 2 unspecified atom stereocenters. The summed E-state index contributed by atoms with van der Waals surface area (Å²) in [6, 6.07) is 4.84. The smallest absolute Gasteiger partial charge is 0.159 e. The number of halogens is 2. The number of hydrogen-bond donors (Lipinski definition) is 1. The monoisotopic (exact) mass is 296 g/mol. The standard InChI is InChI=1S/C17H26F2N2/c1-12(2)10-21(11-15-5-4-8-20-15)13(3)14-6-7-16(18)17(19)9-14/h6-7,9,12-13,15,20H,4-5,8,10-11H2,1-3H3. The summed E-state index contributed by atoms with van der Waals surface area (Å²) in [5.41, 5.74) is 0.840. The Labute approximate surface area is 126 Å². The van der Waals surface area contributed by atoms with Crippen molar-refractivity contribution < 1.29 is 8.78 Å². The topological polar surface area (TPSA) is 15.3 Å². The Morgan fingerprint density at radius 3 is 2.57 bits per heavy atom. The molecule has 1 aliphatic rings. The van der Waals surface area contributed by atoms with Gasteiger partial charge in [-0.25, -0.2) is 8.78 Å². The average molecular weight is 296 g/mol. The number of hydrogen-bond acceptors (Lipinski definition) is 2. The average Bonchev–Trinajstić information content (AvgIpc) is 2.93. The number of rotatable bonds is 6. The van der Waals surface area contributed by atoms with Crippen molar-refractivity contribution in [1.29, 1.82) is 0 Å². The minimum atomic E-state index is -0.779. The molecule has 1 aromatic rings. The van der Waals surface area contributed by atoms with Gasteiger partial charge in [-0.15, -0.1) is 0 Å². The van der Waals surface area contributed by atoms with Crippen molar-refractivity contribution in [1.82, 2.24) is 10.2 Å². The van der Waals surface area contributed by atoms with Crippen LogP contribution in [0.2, 0.25) is 0 Å². The van der Waals surface area contributed by atoms with Crippen molar-refractivity contribution in [2.24, 2.45) is 5.92 Å². The Kier molecular flexibility index (Phi) is 5.71. The fourth-order valence-corrected chi connectivity index (χ4v) is 3.04. The van der Waals surface area contributed by atoms with Gasteiger partial charge in [0, 0.05) is 25.2 Å². The molecule has 0 aliphatic carbocycles. The van der Waals surface area contributed by atoms with Crippen LogP contribution in [-0.4, -0.2) is 30.6 Å². The van der Waals surface area contributed by atoms with E-state index in [4.69, 9.17) is 0 Å². The molecule has 21 heavy (non-hydrogen) atoms. The second kappa shape index (κ2) is 7.32. The molecule has 0 saturated carbocycles. The molecule has 2 nitrogen and oxygen atoms in total. The zero-order chi connectivity index (χ0) is 15.4. The normalized spacial score (nSPS) is 20.4. The van der Waals surface area contributed by atoms with Crippen molar-refractivity contribution in [2.75, 3.05) is 19.6 Å². The van der Waals surface area contributed by atoms with E-state index in [-0.39, 0.29) is 6.04 Å². The molecule has 1 fully saturated rings. The fourth-order valence-electron chi connectivity index (χ4n) is 3.04. The van der Waals surface area contributed by atoms with Gasteiger partial charge in [-0.3, -0.25) is 4.90 Å². The van der Waals surface area contributed by atoms with Crippen LogP contribution in [0, 0.1) is 17.6 Å². The van der Waals surface area contributed by atoms with E-state index in [1.165, 1.54) is 25.0 Å². The van der Waals surface area contributed by atoms with Crippen LogP contribution in [0.3, 0.4) is 0 Å². The van der Waals surface area contributed by atoms with Crippen LogP contribution in [0.4, 0.5) is 8.78 Å². The molecule has 0 radical (unpaired) electrons. The van der Waals surface area contributed by atoms with Gasteiger partial charge in [-0.1, -0.05) is 19.9 Å². The molecule has 118 valence electrons. The Bertz CT molecular complexity index is 456. The molecule has 0 spiro atoms. The van der Waals surface area contributed by atoms with Crippen LogP contribution in [-0.2, 0) is 0 Å². The molecule has 1 heterocycles. The summed E-state index contributed by atoms with van der Waals surface area (Å²) in [4.78, 5) is 2.38. The van der Waals surface area contributed by atoms with Crippen molar-refractivity contribution in [3.63, 3.8) is 0 Å². The van der Waals surface area contributed by atoms with Gasteiger partial charge in [0.2, 0.25) is 0 Å². The molecule has 1 aliphatic heterocycles. The van der Waals surface area contributed by atoms with Crippen molar-refractivity contribution >= 4 is 0 Å². The predicted molar refractivity (Wildman–Crippen MR) is 82.2 cm³/mol. The Morgan fingerprint density at radius 1 is 1.24 bits per heavy atom. The lowest BCUT2D eigenvalue weighted by molar-refractivity contribution is 0.171. The maximum atomic E-state index is 13.5. The highest BCUT2D eigenvalue weighted by atomic mass is 19.2. The van der Waals surface area contributed by atoms with E-state index in [9.17, 15) is 8.78 Å². The summed E-state index contributed by atoms with van der Waals surface area (Å²) in [5, 5.41) is 3.51. The third-order valence-corrected chi connectivity index (χ3v) is 4.19. The zero-order valence-corrected chi connectivity index (χ0v) is 13.2. The molecule has 2 atom stereocenters.